The number of aryl methyl sites for hydroxylation is 1. The molecule has 1 saturated heterocycles. The topological polar surface area (TPSA) is 116 Å². The van der Waals surface area contributed by atoms with E-state index >= 15 is 0 Å². The molecule has 3 atom stereocenters. The van der Waals surface area contributed by atoms with Crippen molar-refractivity contribution in [1.29, 1.82) is 0 Å². The highest BCUT2D eigenvalue weighted by Gasteiger charge is 2.42. The maximum Gasteiger partial charge on any atom is 0.410 e. The number of halogens is 1. The Hall–Kier alpha value is -3.12. The van der Waals surface area contributed by atoms with E-state index in [1.165, 1.54) is 4.90 Å². The van der Waals surface area contributed by atoms with Crippen LogP contribution in [0.4, 0.5) is 9.59 Å². The van der Waals surface area contributed by atoms with Crippen LogP contribution in [0.25, 0.3) is 10.9 Å². The van der Waals surface area contributed by atoms with E-state index in [4.69, 9.17) is 14.2 Å². The third-order valence-corrected chi connectivity index (χ3v) is 11.1. The van der Waals surface area contributed by atoms with Crippen LogP contribution in [0.1, 0.15) is 70.8 Å². The molecular weight excluding hydrogens is 694 g/mol. The number of allylic oxidation sites excluding steroid dienone is 1. The fourth-order valence-corrected chi connectivity index (χ4v) is 6.94. The number of fused-ring (bicyclic) bond motifs is 1. The number of Topliss-reactive ketones (excluding diaryl/α,β-unsaturated/α-hetero) is 1. The molecule has 0 radical (unpaired) electrons. The average Bonchev–Trinajstić information content (AvgIpc) is 3.53. The lowest BCUT2D eigenvalue weighted by Crippen LogP contribution is -2.51. The van der Waals surface area contributed by atoms with Gasteiger partial charge in [-0.3, -0.25) is 4.79 Å². The number of carbonyl (C=O) groups excluding carboxylic acids is 4. The summed E-state index contributed by atoms with van der Waals surface area (Å²) in [5.74, 6) is -0.765. The standard InChI is InChI=1S/C36H54BrN3O7Si/c1-11-12-16-36(5,6)23-46-33(43)38-31(35(2,3)4)30(41)20-24-19-25(22-40(24)34(44)45-17-18-48(8,9)10)47-32(42)29-21-26-27(37)14-13-15-28(26)39(29)7/h11,13-15,21,24-25,31H,1,12,16-20,22-23H2,2-10H3,(H,38,43)/t24?,25-,31-/m1/s1. The second kappa shape index (κ2) is 16.1. The molecule has 1 fully saturated rings. The first-order chi connectivity index (χ1) is 22.2. The SMILES string of the molecule is C=CCCC(C)(C)COC(=O)N[C@H](C(=O)CC1C[C@@H](OC(=O)c2cc3c(Br)cccc3n2C)CN1C(=O)OCC[Si](C)(C)C)C(C)(C)C. The largest absolute Gasteiger partial charge is 0.456 e. The Kier molecular flexibility index (Phi) is 13.2. The molecule has 2 amide bonds. The fraction of sp³-hybridized carbons (Fsp3) is 0.611. The second-order valence-electron chi connectivity index (χ2n) is 15.9. The van der Waals surface area contributed by atoms with Crippen LogP contribution in [0.2, 0.25) is 25.7 Å². The van der Waals surface area contributed by atoms with E-state index in [0.717, 1.165) is 34.3 Å². The zero-order valence-corrected chi connectivity index (χ0v) is 32.7. The van der Waals surface area contributed by atoms with Gasteiger partial charge >= 0.3 is 18.2 Å². The molecule has 10 nitrogen and oxygen atoms in total. The molecule has 1 aliphatic heterocycles. The van der Waals surface area contributed by atoms with Gasteiger partial charge in [-0.1, -0.05) is 82.3 Å². The highest BCUT2D eigenvalue weighted by Crippen LogP contribution is 2.31. The lowest BCUT2D eigenvalue weighted by molar-refractivity contribution is -0.124. The van der Waals surface area contributed by atoms with Crippen LogP contribution in [0.15, 0.2) is 41.4 Å². The van der Waals surface area contributed by atoms with Crippen molar-refractivity contribution in [3.8, 4) is 0 Å². The maximum absolute atomic E-state index is 13.9. The summed E-state index contributed by atoms with van der Waals surface area (Å²) < 4.78 is 19.8. The number of nitrogens with one attached hydrogen (secondary N) is 1. The number of hydrogen-bond acceptors (Lipinski definition) is 7. The molecule has 2 aromatic rings. The summed E-state index contributed by atoms with van der Waals surface area (Å²) in [7, 11) is 0.340. The maximum atomic E-state index is 13.9. The Morgan fingerprint density at radius 2 is 1.81 bits per heavy atom. The Labute approximate surface area is 295 Å². The van der Waals surface area contributed by atoms with Gasteiger partial charge in [-0.2, -0.15) is 0 Å². The Bertz CT molecular complexity index is 1490. The number of nitrogens with zero attached hydrogens (tertiary/aromatic N) is 2. The summed E-state index contributed by atoms with van der Waals surface area (Å²) >= 11 is 3.54. The number of carbonyl (C=O) groups is 4. The minimum atomic E-state index is -1.46. The molecule has 1 aromatic heterocycles. The molecule has 1 aliphatic rings. The van der Waals surface area contributed by atoms with Crippen molar-refractivity contribution in [3.63, 3.8) is 0 Å². The number of hydrogen-bond donors (Lipinski definition) is 1. The quantitative estimate of drug-likeness (QED) is 0.0899. The Balaban J connectivity index is 1.77. The first-order valence-electron chi connectivity index (χ1n) is 16.7. The minimum absolute atomic E-state index is 0.0504. The molecule has 0 aliphatic carbocycles. The predicted molar refractivity (Wildman–Crippen MR) is 195 cm³/mol. The van der Waals surface area contributed by atoms with Gasteiger partial charge in [0.1, 0.15) is 11.8 Å². The molecule has 48 heavy (non-hydrogen) atoms. The third-order valence-electron chi connectivity index (χ3n) is 8.71. The fourth-order valence-electron chi connectivity index (χ4n) is 5.75. The summed E-state index contributed by atoms with van der Waals surface area (Å²) in [5, 5.41) is 3.67. The zero-order chi connectivity index (χ0) is 36.0. The van der Waals surface area contributed by atoms with Crippen molar-refractivity contribution >= 4 is 58.8 Å². The van der Waals surface area contributed by atoms with Crippen molar-refractivity contribution < 1.29 is 33.4 Å². The number of benzene rings is 1. The molecule has 1 aromatic carbocycles. The third kappa shape index (κ3) is 10.9. The number of rotatable bonds is 14. The average molecular weight is 749 g/mol. The lowest BCUT2D eigenvalue weighted by Gasteiger charge is -2.32. The summed E-state index contributed by atoms with van der Waals surface area (Å²) in [4.78, 5) is 55.1. The number of ether oxygens (including phenoxy) is 3. The summed E-state index contributed by atoms with van der Waals surface area (Å²) in [6.45, 7) is 20.6. The molecule has 1 unspecified atom stereocenters. The lowest BCUT2D eigenvalue weighted by atomic mass is 9.82. The number of likely N-dealkylation sites (tertiary alicyclic amines) is 1. The summed E-state index contributed by atoms with van der Waals surface area (Å²) in [5.41, 5.74) is 0.370. The summed E-state index contributed by atoms with van der Waals surface area (Å²) in [6, 6.07) is 6.85. The van der Waals surface area contributed by atoms with Crippen molar-refractivity contribution in [1.82, 2.24) is 14.8 Å². The first-order valence-corrected chi connectivity index (χ1v) is 21.2. The second-order valence-corrected chi connectivity index (χ2v) is 22.4. The van der Waals surface area contributed by atoms with Gasteiger partial charge in [0.25, 0.3) is 0 Å². The molecule has 2 heterocycles. The normalized spacial score (nSPS) is 17.6. The highest BCUT2D eigenvalue weighted by molar-refractivity contribution is 9.10. The van der Waals surface area contributed by atoms with Gasteiger partial charge in [0, 0.05) is 49.4 Å². The van der Waals surface area contributed by atoms with E-state index in [0.29, 0.717) is 5.69 Å². The Morgan fingerprint density at radius 3 is 2.42 bits per heavy atom. The van der Waals surface area contributed by atoms with Gasteiger partial charge < -0.3 is 29.0 Å². The monoisotopic (exact) mass is 747 g/mol. The van der Waals surface area contributed by atoms with E-state index in [1.54, 1.807) is 17.7 Å². The molecule has 0 spiro atoms. The van der Waals surface area contributed by atoms with Gasteiger partial charge in [-0.05, 0) is 47.9 Å². The van der Waals surface area contributed by atoms with Crippen molar-refractivity contribution in [2.75, 3.05) is 19.8 Å². The molecular formula is C36H54BrN3O7Si. The van der Waals surface area contributed by atoms with Crippen molar-refractivity contribution in [2.45, 2.75) is 104 Å². The summed E-state index contributed by atoms with van der Waals surface area (Å²) in [6.07, 6.45) is 1.79. The molecule has 266 valence electrons. The molecule has 0 bridgehead atoms. The van der Waals surface area contributed by atoms with Crippen LogP contribution >= 0.6 is 15.9 Å². The van der Waals surface area contributed by atoms with Gasteiger partial charge in [0.05, 0.1) is 25.8 Å². The zero-order valence-electron chi connectivity index (χ0n) is 30.1. The highest BCUT2D eigenvalue weighted by atomic mass is 79.9. The number of amides is 2. The van der Waals surface area contributed by atoms with Gasteiger partial charge in [0.2, 0.25) is 0 Å². The first kappa shape index (κ1) is 39.3. The van der Waals surface area contributed by atoms with E-state index in [1.807, 2.05) is 58.9 Å². The van der Waals surface area contributed by atoms with Crippen LogP contribution < -0.4 is 5.32 Å². The van der Waals surface area contributed by atoms with Gasteiger partial charge in [-0.25, -0.2) is 14.4 Å². The molecule has 0 saturated carbocycles. The minimum Gasteiger partial charge on any atom is -0.456 e. The van der Waals surface area contributed by atoms with Crippen LogP contribution in [-0.4, -0.2) is 79.4 Å². The number of aromatic nitrogens is 1. The van der Waals surface area contributed by atoms with Crippen molar-refractivity contribution in [3.05, 3.63) is 47.1 Å². The molecule has 1 N–H and O–H groups in total. The number of esters is 1. The number of ketones is 1. The molecule has 3 rings (SSSR count). The predicted octanol–water partition coefficient (Wildman–Crippen LogP) is 8.11. The van der Waals surface area contributed by atoms with Crippen molar-refractivity contribution in [2.24, 2.45) is 17.9 Å². The van der Waals surface area contributed by atoms with Crippen LogP contribution in [0.5, 0.6) is 0 Å². The van der Waals surface area contributed by atoms with E-state index in [-0.39, 0.29) is 43.8 Å². The van der Waals surface area contributed by atoms with E-state index < -0.39 is 49.8 Å². The smallest absolute Gasteiger partial charge is 0.410 e. The van der Waals surface area contributed by atoms with E-state index in [9.17, 15) is 19.2 Å². The molecule has 12 heteroatoms. The number of alkyl carbamates (subject to hydrolysis) is 1. The van der Waals surface area contributed by atoms with Gasteiger partial charge in [-0.15, -0.1) is 6.58 Å². The Morgan fingerprint density at radius 1 is 1.12 bits per heavy atom. The van der Waals surface area contributed by atoms with Crippen LogP contribution in [-0.2, 0) is 26.1 Å². The van der Waals surface area contributed by atoms with Crippen LogP contribution in [0.3, 0.4) is 0 Å². The van der Waals surface area contributed by atoms with E-state index in [2.05, 4.69) is 47.5 Å². The van der Waals surface area contributed by atoms with Crippen LogP contribution in [0, 0.1) is 10.8 Å². The van der Waals surface area contributed by atoms with Gasteiger partial charge in [0.15, 0.2) is 5.78 Å².